The Bertz CT molecular complexity index is 511. The van der Waals surface area contributed by atoms with Crippen LogP contribution in [0.2, 0.25) is 0 Å². The van der Waals surface area contributed by atoms with Crippen molar-refractivity contribution in [2.45, 2.75) is 18.9 Å². The third-order valence-corrected chi connectivity index (χ3v) is 3.86. The van der Waals surface area contributed by atoms with Crippen molar-refractivity contribution >= 4 is 23.5 Å². The van der Waals surface area contributed by atoms with Crippen molar-refractivity contribution < 1.29 is 0 Å². The van der Waals surface area contributed by atoms with E-state index in [4.69, 9.17) is 12.2 Å². The molecule has 2 bridgehead atoms. The van der Waals surface area contributed by atoms with Gasteiger partial charge in [0.05, 0.1) is 11.9 Å². The van der Waals surface area contributed by atoms with E-state index in [1.165, 1.54) is 12.8 Å². The number of hydrogen-bond acceptors (Lipinski definition) is 3. The summed E-state index contributed by atoms with van der Waals surface area (Å²) in [6.07, 6.45) is 10.4. The molecule has 0 spiro atoms. The van der Waals surface area contributed by atoms with Crippen LogP contribution in [-0.4, -0.2) is 22.4 Å². The predicted octanol–water partition coefficient (Wildman–Crippen LogP) is 1.84. The lowest BCUT2D eigenvalue weighted by Gasteiger charge is -2.20. The van der Waals surface area contributed by atoms with Gasteiger partial charge in [0.25, 0.3) is 0 Å². The fourth-order valence-corrected chi connectivity index (χ4v) is 2.96. The van der Waals surface area contributed by atoms with Gasteiger partial charge in [0, 0.05) is 12.2 Å². The van der Waals surface area contributed by atoms with Crippen molar-refractivity contribution in [2.75, 3.05) is 0 Å². The van der Waals surface area contributed by atoms with E-state index in [9.17, 15) is 0 Å². The SMILES string of the molecule is S=C(N/N=C\c1ccccn1)N[C@@H]1C[C@@H]2C=C[C@@H]1C2. The zero-order valence-corrected chi connectivity index (χ0v) is 11.3. The number of nitrogens with zero attached hydrogens (tertiary/aromatic N) is 2. The summed E-state index contributed by atoms with van der Waals surface area (Å²) in [5, 5.41) is 8.00. The summed E-state index contributed by atoms with van der Waals surface area (Å²) in [7, 11) is 0. The van der Waals surface area contributed by atoms with E-state index in [-0.39, 0.29) is 0 Å². The average Bonchev–Trinajstić information content (AvgIpc) is 3.02. The van der Waals surface area contributed by atoms with E-state index >= 15 is 0 Å². The number of allylic oxidation sites excluding steroid dienone is 1. The minimum Gasteiger partial charge on any atom is -0.358 e. The highest BCUT2D eigenvalue weighted by Gasteiger charge is 2.35. The highest BCUT2D eigenvalue weighted by molar-refractivity contribution is 7.80. The molecule has 1 saturated carbocycles. The number of hydrazone groups is 1. The van der Waals surface area contributed by atoms with Gasteiger partial charge in [0.2, 0.25) is 0 Å². The quantitative estimate of drug-likeness (QED) is 0.381. The normalized spacial score (nSPS) is 27.9. The van der Waals surface area contributed by atoms with Gasteiger partial charge in [-0.1, -0.05) is 18.2 Å². The maximum Gasteiger partial charge on any atom is 0.187 e. The number of fused-ring (bicyclic) bond motifs is 2. The Morgan fingerprint density at radius 2 is 2.32 bits per heavy atom. The molecule has 0 radical (unpaired) electrons. The maximum atomic E-state index is 5.24. The molecule has 1 aromatic heterocycles. The molecular formula is C14H16N4S. The maximum absolute atomic E-state index is 5.24. The molecule has 98 valence electrons. The van der Waals surface area contributed by atoms with E-state index in [0.29, 0.717) is 17.1 Å². The van der Waals surface area contributed by atoms with Crippen LogP contribution in [0.15, 0.2) is 41.6 Å². The Labute approximate surface area is 118 Å². The molecule has 0 aliphatic heterocycles. The fourth-order valence-electron chi connectivity index (χ4n) is 2.76. The first-order valence-corrected chi connectivity index (χ1v) is 6.91. The van der Waals surface area contributed by atoms with Crippen LogP contribution < -0.4 is 10.7 Å². The number of hydrogen-bond donors (Lipinski definition) is 2. The summed E-state index contributed by atoms with van der Waals surface area (Å²) >= 11 is 5.24. The third-order valence-electron chi connectivity index (χ3n) is 3.65. The van der Waals surface area contributed by atoms with E-state index in [1.54, 1.807) is 12.4 Å². The Balaban J connectivity index is 1.47. The molecule has 2 aliphatic carbocycles. The highest BCUT2D eigenvalue weighted by atomic mass is 32.1. The van der Waals surface area contributed by atoms with Crippen molar-refractivity contribution in [2.24, 2.45) is 16.9 Å². The summed E-state index contributed by atoms with van der Waals surface area (Å²) < 4.78 is 0. The minimum atomic E-state index is 0.458. The molecule has 1 heterocycles. The first kappa shape index (κ1) is 12.3. The molecule has 0 saturated heterocycles. The van der Waals surface area contributed by atoms with Crippen molar-refractivity contribution in [1.29, 1.82) is 0 Å². The van der Waals surface area contributed by atoms with Crippen LogP contribution in [-0.2, 0) is 0 Å². The largest absolute Gasteiger partial charge is 0.358 e. The van der Waals surface area contributed by atoms with E-state index < -0.39 is 0 Å². The number of pyridine rings is 1. The van der Waals surface area contributed by atoms with Crippen LogP contribution in [0.25, 0.3) is 0 Å². The van der Waals surface area contributed by atoms with E-state index in [2.05, 4.69) is 33.0 Å². The average molecular weight is 272 g/mol. The second-order valence-electron chi connectivity index (χ2n) is 4.98. The third kappa shape index (κ3) is 2.98. The van der Waals surface area contributed by atoms with Gasteiger partial charge in [0.1, 0.15) is 0 Å². The van der Waals surface area contributed by atoms with Gasteiger partial charge in [-0.3, -0.25) is 10.4 Å². The van der Waals surface area contributed by atoms with Crippen molar-refractivity contribution in [3.8, 4) is 0 Å². The smallest absolute Gasteiger partial charge is 0.187 e. The summed E-state index contributed by atoms with van der Waals surface area (Å²) in [5.74, 6) is 1.37. The standard InChI is InChI=1S/C14H16N4S/c19-14(17-13-8-10-4-5-11(13)7-10)18-16-9-12-3-1-2-6-15-12/h1-6,9-11,13H,7-8H2,(H2,17,18,19)/b16-9-/t10-,11-,13-/m1/s1. The Morgan fingerprint density at radius 1 is 1.37 bits per heavy atom. The monoisotopic (exact) mass is 272 g/mol. The van der Waals surface area contributed by atoms with Gasteiger partial charge >= 0.3 is 0 Å². The summed E-state index contributed by atoms with van der Waals surface area (Å²) in [4.78, 5) is 4.15. The molecule has 0 aromatic carbocycles. The molecule has 2 aliphatic rings. The van der Waals surface area contributed by atoms with Gasteiger partial charge in [-0.15, -0.1) is 0 Å². The van der Waals surface area contributed by atoms with Crippen LogP contribution in [0.4, 0.5) is 0 Å². The van der Waals surface area contributed by atoms with Crippen LogP contribution >= 0.6 is 12.2 Å². The number of aromatic nitrogens is 1. The van der Waals surface area contributed by atoms with Crippen LogP contribution in [0.3, 0.4) is 0 Å². The van der Waals surface area contributed by atoms with Crippen LogP contribution in [0.1, 0.15) is 18.5 Å². The van der Waals surface area contributed by atoms with Crippen molar-refractivity contribution in [3.63, 3.8) is 0 Å². The van der Waals surface area contributed by atoms with Gasteiger partial charge in [-0.2, -0.15) is 5.10 Å². The predicted molar refractivity (Wildman–Crippen MR) is 79.8 cm³/mol. The van der Waals surface area contributed by atoms with Gasteiger partial charge in [0.15, 0.2) is 5.11 Å². The summed E-state index contributed by atoms with van der Waals surface area (Å²) in [6.45, 7) is 0. The lowest BCUT2D eigenvalue weighted by atomic mass is 10.0. The topological polar surface area (TPSA) is 49.3 Å². The molecule has 0 amide bonds. The molecule has 3 atom stereocenters. The van der Waals surface area contributed by atoms with E-state index in [1.807, 2.05) is 18.2 Å². The van der Waals surface area contributed by atoms with Crippen LogP contribution in [0, 0.1) is 11.8 Å². The molecule has 1 fully saturated rings. The second-order valence-corrected chi connectivity index (χ2v) is 5.39. The van der Waals surface area contributed by atoms with Crippen molar-refractivity contribution in [3.05, 3.63) is 42.2 Å². The number of rotatable bonds is 3. The van der Waals surface area contributed by atoms with Gasteiger partial charge in [-0.25, -0.2) is 0 Å². The first-order chi connectivity index (χ1) is 9.31. The summed E-state index contributed by atoms with van der Waals surface area (Å²) in [5.41, 5.74) is 3.65. The highest BCUT2D eigenvalue weighted by Crippen LogP contribution is 2.38. The molecule has 4 nitrogen and oxygen atoms in total. The van der Waals surface area contributed by atoms with Gasteiger partial charge < -0.3 is 5.32 Å². The second kappa shape index (κ2) is 5.48. The van der Waals surface area contributed by atoms with E-state index in [0.717, 1.165) is 11.6 Å². The molecular weight excluding hydrogens is 256 g/mol. The lowest BCUT2D eigenvalue weighted by Crippen LogP contribution is -2.42. The molecule has 19 heavy (non-hydrogen) atoms. The summed E-state index contributed by atoms with van der Waals surface area (Å²) in [6, 6.07) is 6.15. The molecule has 1 aromatic rings. The molecule has 3 rings (SSSR count). The number of nitrogens with one attached hydrogen (secondary N) is 2. The first-order valence-electron chi connectivity index (χ1n) is 6.50. The molecule has 0 unspecified atom stereocenters. The van der Waals surface area contributed by atoms with Crippen LogP contribution in [0.5, 0.6) is 0 Å². The fraction of sp³-hybridized carbons (Fsp3) is 0.357. The number of thiocarbonyl (C=S) groups is 1. The Hall–Kier alpha value is -1.75. The van der Waals surface area contributed by atoms with Gasteiger partial charge in [-0.05, 0) is 49.0 Å². The molecule has 2 N–H and O–H groups in total. The van der Waals surface area contributed by atoms with Crippen molar-refractivity contribution in [1.82, 2.24) is 15.7 Å². The zero-order chi connectivity index (χ0) is 13.1. The Kier molecular flexibility index (Phi) is 3.55. The zero-order valence-electron chi connectivity index (χ0n) is 10.5. The Morgan fingerprint density at radius 3 is 3.00 bits per heavy atom. The minimum absolute atomic E-state index is 0.458. The molecule has 5 heteroatoms. The lowest BCUT2D eigenvalue weighted by molar-refractivity contribution is 0.521.